The third-order valence-electron chi connectivity index (χ3n) is 7.71. The highest BCUT2D eigenvalue weighted by Gasteiger charge is 2.40. The van der Waals surface area contributed by atoms with E-state index in [1.165, 1.54) is 38.7 Å². The van der Waals surface area contributed by atoms with Gasteiger partial charge in [0.1, 0.15) is 22.9 Å². The van der Waals surface area contributed by atoms with Crippen LogP contribution in [-0.4, -0.2) is 82.7 Å². The van der Waals surface area contributed by atoms with Crippen LogP contribution < -0.4 is 14.8 Å². The second kappa shape index (κ2) is 13.1. The average Bonchev–Trinajstić information content (AvgIpc) is 3.86. The van der Waals surface area contributed by atoms with Crippen LogP contribution in [0.4, 0.5) is 14.9 Å². The first-order chi connectivity index (χ1) is 21.5. The molecule has 0 atom stereocenters. The maximum absolute atomic E-state index is 15.2. The zero-order valence-electron chi connectivity index (χ0n) is 26.1. The summed E-state index contributed by atoms with van der Waals surface area (Å²) in [6.45, 7) is 6.52. The molecule has 2 fully saturated rings. The molecule has 12 heteroatoms. The molecule has 1 aliphatic heterocycles. The van der Waals surface area contributed by atoms with Crippen molar-refractivity contribution in [1.82, 2.24) is 19.8 Å². The summed E-state index contributed by atoms with van der Waals surface area (Å²) in [5, 5.41) is 2.72. The summed E-state index contributed by atoms with van der Waals surface area (Å²) in [5.41, 5.74) is 0.345. The molecule has 238 valence electrons. The van der Waals surface area contributed by atoms with E-state index in [0.717, 1.165) is 18.9 Å². The Hall–Kier alpha value is -4.74. The number of carbonyl (C=O) groups excluding carboxylic acids is 3. The van der Waals surface area contributed by atoms with Gasteiger partial charge in [0.2, 0.25) is 0 Å². The Balaban J connectivity index is 1.24. The fraction of sp³-hybridized carbons (Fsp3) is 0.424. The number of benzene rings is 2. The van der Waals surface area contributed by atoms with Crippen LogP contribution in [0.2, 0.25) is 0 Å². The van der Waals surface area contributed by atoms with Crippen molar-refractivity contribution in [3.8, 4) is 22.9 Å². The molecule has 1 aromatic heterocycles. The van der Waals surface area contributed by atoms with Crippen molar-refractivity contribution in [2.45, 2.75) is 64.1 Å². The average molecular weight is 620 g/mol. The number of aromatic nitrogens is 2. The van der Waals surface area contributed by atoms with E-state index in [-0.39, 0.29) is 41.0 Å². The van der Waals surface area contributed by atoms with Crippen molar-refractivity contribution < 1.29 is 33.0 Å². The molecule has 1 saturated carbocycles. The Labute approximate surface area is 261 Å². The Bertz CT molecular complexity index is 1560. The number of likely N-dealkylation sites (tertiary alicyclic amines) is 1. The SMILES string of the molecule is COc1ccc(NC(=O)c2ccc(-c3ncc(C(=O)N(C4CC4)C4CCN(C(=O)OC(C)(C)C)CC4)cn3)c(F)c2)c(OC)c1. The van der Waals surface area contributed by atoms with Crippen LogP contribution in [0, 0.1) is 5.82 Å². The number of ether oxygens (including phenoxy) is 3. The van der Waals surface area contributed by atoms with E-state index in [2.05, 4.69) is 15.3 Å². The van der Waals surface area contributed by atoms with Crippen LogP contribution in [0.15, 0.2) is 48.8 Å². The summed E-state index contributed by atoms with van der Waals surface area (Å²) in [6.07, 6.45) is 5.62. The van der Waals surface area contributed by atoms with Gasteiger partial charge in [-0.2, -0.15) is 0 Å². The lowest BCUT2D eigenvalue weighted by atomic mass is 10.0. The highest BCUT2D eigenvalue weighted by atomic mass is 19.1. The van der Waals surface area contributed by atoms with Crippen molar-refractivity contribution in [2.75, 3.05) is 32.6 Å². The minimum Gasteiger partial charge on any atom is -0.497 e. The fourth-order valence-electron chi connectivity index (χ4n) is 5.30. The lowest BCUT2D eigenvalue weighted by Crippen LogP contribution is -2.50. The Kier molecular flexibility index (Phi) is 9.21. The molecule has 3 amide bonds. The first-order valence-corrected chi connectivity index (χ1v) is 14.9. The van der Waals surface area contributed by atoms with Crippen LogP contribution in [0.3, 0.4) is 0 Å². The summed E-state index contributed by atoms with van der Waals surface area (Å²) < 4.78 is 31.2. The van der Waals surface area contributed by atoms with E-state index in [9.17, 15) is 14.4 Å². The summed E-state index contributed by atoms with van der Waals surface area (Å²) in [5.74, 6) is -0.330. The van der Waals surface area contributed by atoms with Crippen LogP contribution in [0.5, 0.6) is 11.5 Å². The number of halogens is 1. The molecule has 0 unspecified atom stereocenters. The molecule has 2 aliphatic rings. The molecule has 0 bridgehead atoms. The minimum atomic E-state index is -0.681. The zero-order valence-corrected chi connectivity index (χ0v) is 26.1. The van der Waals surface area contributed by atoms with Crippen LogP contribution in [0.1, 0.15) is 67.2 Å². The van der Waals surface area contributed by atoms with E-state index in [0.29, 0.717) is 48.7 Å². The molecule has 2 heterocycles. The van der Waals surface area contributed by atoms with Crippen molar-refractivity contribution in [3.05, 3.63) is 65.7 Å². The Morgan fingerprint density at radius 1 is 0.911 bits per heavy atom. The van der Waals surface area contributed by atoms with Gasteiger partial charge in [-0.1, -0.05) is 0 Å². The summed E-state index contributed by atoms with van der Waals surface area (Å²) >= 11 is 0. The number of hydrogen-bond acceptors (Lipinski definition) is 8. The minimum absolute atomic E-state index is 0.0163. The molecule has 1 aliphatic carbocycles. The van der Waals surface area contributed by atoms with Gasteiger partial charge in [-0.25, -0.2) is 19.2 Å². The van der Waals surface area contributed by atoms with Gasteiger partial charge in [0.25, 0.3) is 11.8 Å². The summed E-state index contributed by atoms with van der Waals surface area (Å²) in [4.78, 5) is 51.1. The standard InChI is InChI=1S/C33H38FN5O6/c1-33(2,3)45-32(42)38-14-12-23(13-15-38)39(22-7-8-22)31(41)21-18-35-29(36-19-21)25-10-6-20(16-26(25)34)30(40)37-27-11-9-24(43-4)17-28(27)44-5/h6,9-11,16-19,22-23H,7-8,12-15H2,1-5H3,(H,37,40). The summed E-state index contributed by atoms with van der Waals surface area (Å²) in [7, 11) is 2.99. The van der Waals surface area contributed by atoms with Crippen molar-refractivity contribution in [3.63, 3.8) is 0 Å². The topological polar surface area (TPSA) is 123 Å². The molecule has 11 nitrogen and oxygen atoms in total. The van der Waals surface area contributed by atoms with E-state index in [1.807, 2.05) is 25.7 Å². The van der Waals surface area contributed by atoms with Crippen molar-refractivity contribution in [2.24, 2.45) is 0 Å². The molecule has 0 radical (unpaired) electrons. The van der Waals surface area contributed by atoms with E-state index in [4.69, 9.17) is 14.2 Å². The number of rotatable bonds is 8. The third kappa shape index (κ3) is 7.50. The van der Waals surface area contributed by atoms with Crippen LogP contribution >= 0.6 is 0 Å². The molecule has 1 saturated heterocycles. The molecule has 45 heavy (non-hydrogen) atoms. The number of hydrogen-bond donors (Lipinski definition) is 1. The molecular formula is C33H38FN5O6. The third-order valence-corrected chi connectivity index (χ3v) is 7.71. The Morgan fingerprint density at radius 2 is 1.58 bits per heavy atom. The lowest BCUT2D eigenvalue weighted by Gasteiger charge is -2.39. The van der Waals surface area contributed by atoms with Gasteiger partial charge in [-0.05, 0) is 76.8 Å². The smallest absolute Gasteiger partial charge is 0.410 e. The molecule has 3 aromatic rings. The number of nitrogens with one attached hydrogen (secondary N) is 1. The lowest BCUT2D eigenvalue weighted by molar-refractivity contribution is 0.0142. The number of methoxy groups -OCH3 is 2. The quantitative estimate of drug-likeness (QED) is 0.348. The maximum Gasteiger partial charge on any atom is 0.410 e. The van der Waals surface area contributed by atoms with Gasteiger partial charge in [-0.15, -0.1) is 0 Å². The predicted molar refractivity (Wildman–Crippen MR) is 165 cm³/mol. The maximum atomic E-state index is 15.2. The number of amides is 3. The molecule has 5 rings (SSSR count). The van der Waals surface area contributed by atoms with Gasteiger partial charge >= 0.3 is 6.09 Å². The van der Waals surface area contributed by atoms with Crippen molar-refractivity contribution >= 4 is 23.6 Å². The second-order valence-corrected chi connectivity index (χ2v) is 12.2. The largest absolute Gasteiger partial charge is 0.497 e. The van der Waals surface area contributed by atoms with Gasteiger partial charge in [0.05, 0.1) is 31.0 Å². The van der Waals surface area contributed by atoms with Crippen LogP contribution in [0.25, 0.3) is 11.4 Å². The highest BCUT2D eigenvalue weighted by molar-refractivity contribution is 6.05. The Morgan fingerprint density at radius 3 is 2.16 bits per heavy atom. The normalized spacial score (nSPS) is 15.3. The first kappa shape index (κ1) is 31.7. The van der Waals surface area contributed by atoms with E-state index in [1.54, 1.807) is 23.1 Å². The number of piperidine rings is 1. The summed E-state index contributed by atoms with van der Waals surface area (Å²) in [6, 6.07) is 9.08. The highest BCUT2D eigenvalue weighted by Crippen LogP contribution is 2.34. The monoisotopic (exact) mass is 619 g/mol. The fourth-order valence-corrected chi connectivity index (χ4v) is 5.30. The molecular weight excluding hydrogens is 581 g/mol. The predicted octanol–water partition coefficient (Wildman–Crippen LogP) is 5.56. The number of anilines is 1. The molecule has 2 aromatic carbocycles. The van der Waals surface area contributed by atoms with Gasteiger partial charge < -0.3 is 29.3 Å². The van der Waals surface area contributed by atoms with Gasteiger partial charge in [0, 0.05) is 49.2 Å². The zero-order chi connectivity index (χ0) is 32.3. The molecule has 1 N–H and O–H groups in total. The first-order valence-electron chi connectivity index (χ1n) is 14.9. The van der Waals surface area contributed by atoms with E-state index < -0.39 is 17.3 Å². The van der Waals surface area contributed by atoms with Crippen molar-refractivity contribution in [1.29, 1.82) is 0 Å². The number of carbonyl (C=O) groups is 3. The van der Waals surface area contributed by atoms with Gasteiger partial charge in [0.15, 0.2) is 5.82 Å². The number of nitrogens with zero attached hydrogens (tertiary/aromatic N) is 4. The van der Waals surface area contributed by atoms with E-state index >= 15 is 4.39 Å². The van der Waals surface area contributed by atoms with Crippen LogP contribution in [-0.2, 0) is 4.74 Å². The molecule has 0 spiro atoms. The van der Waals surface area contributed by atoms with Gasteiger partial charge in [-0.3, -0.25) is 9.59 Å². The second-order valence-electron chi connectivity index (χ2n) is 12.2.